The molecule has 0 aliphatic heterocycles. The summed E-state index contributed by atoms with van der Waals surface area (Å²) in [5, 5.41) is 5.27. The zero-order valence-electron chi connectivity index (χ0n) is 6.66. The van der Waals surface area contributed by atoms with Crippen LogP contribution in [0.25, 0.3) is 0 Å². The topological polar surface area (TPSA) is 65.6 Å². The van der Waals surface area contributed by atoms with Crippen LogP contribution in [0.1, 0.15) is 12.8 Å². The number of rotatable bonds is 2. The van der Waals surface area contributed by atoms with Gasteiger partial charge in [-0.05, 0) is 37.3 Å². The van der Waals surface area contributed by atoms with E-state index in [0.717, 1.165) is 12.8 Å². The molecule has 1 aliphatic carbocycles. The standard InChI is InChI=1S/C6H8N4OS2/c11-4(3-1-2-3)9-10-5(12)7-8-6(10)13/h3H,1-2H2,(H,7,12)(H,8,13)(H,9,11). The van der Waals surface area contributed by atoms with Crippen LogP contribution < -0.4 is 5.43 Å². The summed E-state index contributed by atoms with van der Waals surface area (Å²) < 4.78 is 2.11. The fraction of sp³-hybridized carbons (Fsp3) is 0.500. The minimum atomic E-state index is -0.0183. The normalized spacial score (nSPS) is 15.7. The number of aromatic nitrogens is 3. The second-order valence-electron chi connectivity index (χ2n) is 2.95. The molecule has 3 N–H and O–H groups in total. The molecule has 2 rings (SSSR count). The van der Waals surface area contributed by atoms with Gasteiger partial charge in [0, 0.05) is 5.92 Å². The maximum Gasteiger partial charge on any atom is 0.242 e. The van der Waals surface area contributed by atoms with Crippen LogP contribution in [0.3, 0.4) is 0 Å². The van der Waals surface area contributed by atoms with E-state index in [9.17, 15) is 4.79 Å². The van der Waals surface area contributed by atoms with Gasteiger partial charge in [0.1, 0.15) is 0 Å². The molecule has 0 bridgehead atoms. The zero-order valence-corrected chi connectivity index (χ0v) is 8.30. The average Bonchev–Trinajstić information content (AvgIpc) is 2.88. The summed E-state index contributed by atoms with van der Waals surface area (Å²) in [4.78, 5) is 11.3. The summed E-state index contributed by atoms with van der Waals surface area (Å²) in [6.07, 6.45) is 1.92. The first kappa shape index (κ1) is 8.64. The summed E-state index contributed by atoms with van der Waals surface area (Å²) in [6, 6.07) is 0. The Morgan fingerprint density at radius 3 is 2.38 bits per heavy atom. The Balaban J connectivity index is 2.21. The first-order valence-corrected chi connectivity index (χ1v) is 4.70. The van der Waals surface area contributed by atoms with Gasteiger partial charge in [-0.1, -0.05) is 0 Å². The molecule has 1 amide bonds. The lowest BCUT2D eigenvalue weighted by atomic mass is 10.4. The molecule has 1 saturated carbocycles. The lowest BCUT2D eigenvalue weighted by Crippen LogP contribution is -2.24. The SMILES string of the molecule is O=C(Nn1c(=S)[nH][nH]c1=S)C1CC1. The summed E-state index contributed by atoms with van der Waals surface area (Å²) in [7, 11) is 0. The molecule has 5 nitrogen and oxygen atoms in total. The van der Waals surface area contributed by atoms with E-state index in [1.165, 1.54) is 4.68 Å². The van der Waals surface area contributed by atoms with Crippen LogP contribution in [0, 0.1) is 15.5 Å². The molecule has 13 heavy (non-hydrogen) atoms. The Hall–Kier alpha value is -0.950. The minimum Gasteiger partial charge on any atom is -0.273 e. The Morgan fingerprint density at radius 1 is 1.38 bits per heavy atom. The number of amides is 1. The number of nitrogens with zero attached hydrogens (tertiary/aromatic N) is 1. The second-order valence-corrected chi connectivity index (χ2v) is 3.72. The van der Waals surface area contributed by atoms with Crippen molar-refractivity contribution in [2.24, 2.45) is 5.92 Å². The number of H-pyrrole nitrogens is 2. The predicted octanol–water partition coefficient (Wildman–Crippen LogP) is 1.08. The van der Waals surface area contributed by atoms with E-state index in [1.54, 1.807) is 0 Å². The summed E-state index contributed by atoms with van der Waals surface area (Å²) in [6.45, 7) is 0. The fourth-order valence-corrected chi connectivity index (χ4v) is 1.39. The third kappa shape index (κ3) is 1.70. The third-order valence-electron chi connectivity index (χ3n) is 1.85. The zero-order chi connectivity index (χ0) is 9.42. The van der Waals surface area contributed by atoms with Gasteiger partial charge < -0.3 is 0 Å². The van der Waals surface area contributed by atoms with E-state index >= 15 is 0 Å². The predicted molar refractivity (Wildman–Crippen MR) is 51.9 cm³/mol. The maximum atomic E-state index is 11.3. The first-order valence-electron chi connectivity index (χ1n) is 3.89. The van der Waals surface area contributed by atoms with E-state index < -0.39 is 0 Å². The molecular weight excluding hydrogens is 208 g/mol. The van der Waals surface area contributed by atoms with Gasteiger partial charge in [-0.3, -0.25) is 20.4 Å². The van der Waals surface area contributed by atoms with Gasteiger partial charge in [0.2, 0.25) is 15.4 Å². The fourth-order valence-electron chi connectivity index (χ4n) is 0.960. The number of carbonyl (C=O) groups is 1. The van der Waals surface area contributed by atoms with Crippen LogP contribution in [-0.4, -0.2) is 20.8 Å². The van der Waals surface area contributed by atoms with Crippen molar-refractivity contribution in [2.45, 2.75) is 12.8 Å². The van der Waals surface area contributed by atoms with Gasteiger partial charge in [-0.2, -0.15) is 4.68 Å². The van der Waals surface area contributed by atoms with Crippen LogP contribution in [0.4, 0.5) is 0 Å². The van der Waals surface area contributed by atoms with Crippen molar-refractivity contribution in [3.63, 3.8) is 0 Å². The van der Waals surface area contributed by atoms with Gasteiger partial charge in [-0.25, -0.2) is 0 Å². The number of carbonyl (C=O) groups excluding carboxylic acids is 1. The highest BCUT2D eigenvalue weighted by atomic mass is 32.1. The summed E-state index contributed by atoms with van der Waals surface area (Å²) >= 11 is 9.79. The van der Waals surface area contributed by atoms with Crippen molar-refractivity contribution in [1.29, 1.82) is 0 Å². The van der Waals surface area contributed by atoms with Crippen LogP contribution in [0.15, 0.2) is 0 Å². The van der Waals surface area contributed by atoms with Gasteiger partial charge >= 0.3 is 0 Å². The largest absolute Gasteiger partial charge is 0.273 e. The molecule has 1 heterocycles. The van der Waals surface area contributed by atoms with Crippen molar-refractivity contribution in [1.82, 2.24) is 14.9 Å². The Bertz CT molecular complexity index is 410. The number of hydrogen-bond acceptors (Lipinski definition) is 3. The van der Waals surface area contributed by atoms with E-state index in [4.69, 9.17) is 24.4 Å². The molecule has 0 spiro atoms. The Kier molecular flexibility index (Phi) is 2.04. The van der Waals surface area contributed by atoms with E-state index in [2.05, 4.69) is 15.6 Å². The third-order valence-corrected chi connectivity index (χ3v) is 2.42. The van der Waals surface area contributed by atoms with Crippen molar-refractivity contribution in [3.8, 4) is 0 Å². The summed E-state index contributed by atoms with van der Waals surface area (Å²) in [5.41, 5.74) is 2.63. The second kappa shape index (κ2) is 3.08. The monoisotopic (exact) mass is 216 g/mol. The molecule has 1 aromatic heterocycles. The van der Waals surface area contributed by atoms with Crippen molar-refractivity contribution >= 4 is 30.3 Å². The molecule has 0 saturated heterocycles. The van der Waals surface area contributed by atoms with Crippen LogP contribution in [0.2, 0.25) is 0 Å². The minimum absolute atomic E-state index is 0.0183. The molecule has 1 aliphatic rings. The van der Waals surface area contributed by atoms with Gasteiger partial charge in [-0.15, -0.1) is 0 Å². The van der Waals surface area contributed by atoms with Gasteiger partial charge in [0.15, 0.2) is 0 Å². The number of aromatic amines is 2. The van der Waals surface area contributed by atoms with Gasteiger partial charge in [0.05, 0.1) is 0 Å². The summed E-state index contributed by atoms with van der Waals surface area (Å²) in [5.74, 6) is 0.126. The number of hydrogen-bond donors (Lipinski definition) is 3. The first-order chi connectivity index (χ1) is 6.18. The smallest absolute Gasteiger partial charge is 0.242 e. The molecular formula is C6H8N4OS2. The molecule has 0 aromatic carbocycles. The lowest BCUT2D eigenvalue weighted by molar-refractivity contribution is -0.118. The highest BCUT2D eigenvalue weighted by Crippen LogP contribution is 2.28. The molecule has 1 aromatic rings. The Morgan fingerprint density at radius 2 is 1.92 bits per heavy atom. The molecule has 1 fully saturated rings. The highest BCUT2D eigenvalue weighted by Gasteiger charge is 2.29. The molecule has 70 valence electrons. The molecule has 7 heteroatoms. The van der Waals surface area contributed by atoms with Crippen LogP contribution in [-0.2, 0) is 4.79 Å². The number of nitrogens with one attached hydrogen (secondary N) is 3. The quantitative estimate of drug-likeness (QED) is 0.648. The van der Waals surface area contributed by atoms with Crippen LogP contribution >= 0.6 is 24.4 Å². The molecule has 0 radical (unpaired) electrons. The van der Waals surface area contributed by atoms with E-state index in [1.807, 2.05) is 0 Å². The van der Waals surface area contributed by atoms with E-state index in [0.29, 0.717) is 9.54 Å². The lowest BCUT2D eigenvalue weighted by Gasteiger charge is -2.02. The van der Waals surface area contributed by atoms with Crippen molar-refractivity contribution in [3.05, 3.63) is 9.54 Å². The average molecular weight is 216 g/mol. The molecule has 0 atom stereocenters. The van der Waals surface area contributed by atoms with Crippen molar-refractivity contribution in [2.75, 3.05) is 5.43 Å². The van der Waals surface area contributed by atoms with Crippen molar-refractivity contribution < 1.29 is 4.79 Å². The Labute approximate surface area is 84.1 Å². The van der Waals surface area contributed by atoms with Gasteiger partial charge in [0.25, 0.3) is 0 Å². The molecule has 0 unspecified atom stereocenters. The highest BCUT2D eigenvalue weighted by molar-refractivity contribution is 7.72. The van der Waals surface area contributed by atoms with Crippen LogP contribution in [0.5, 0.6) is 0 Å². The van der Waals surface area contributed by atoms with E-state index in [-0.39, 0.29) is 11.8 Å². The maximum absolute atomic E-state index is 11.3.